The lowest BCUT2D eigenvalue weighted by Crippen LogP contribution is -2.12. The fourth-order valence-corrected chi connectivity index (χ4v) is 1.67. The molecule has 1 aromatic heterocycles. The highest BCUT2D eigenvalue weighted by Gasteiger charge is 2.15. The van der Waals surface area contributed by atoms with E-state index in [1.807, 2.05) is 6.92 Å². The van der Waals surface area contributed by atoms with Crippen LogP contribution in [0.4, 0.5) is 0 Å². The minimum absolute atomic E-state index is 0.132. The summed E-state index contributed by atoms with van der Waals surface area (Å²) in [6.07, 6.45) is 2.31. The summed E-state index contributed by atoms with van der Waals surface area (Å²) in [6, 6.07) is 6.76. The number of aryl methyl sites for hydroxylation is 1. The summed E-state index contributed by atoms with van der Waals surface area (Å²) in [7, 11) is 0. The number of halogens is 1. The summed E-state index contributed by atoms with van der Waals surface area (Å²) in [5, 5.41) is 4.64. The lowest BCUT2D eigenvalue weighted by atomic mass is 10.1. The molecule has 2 aromatic rings. The molecule has 0 saturated carbocycles. The van der Waals surface area contributed by atoms with E-state index in [1.165, 1.54) is 6.33 Å². The Balaban J connectivity index is 2.30. The Labute approximate surface area is 104 Å². The van der Waals surface area contributed by atoms with Gasteiger partial charge in [0.25, 0.3) is 0 Å². The van der Waals surface area contributed by atoms with Crippen molar-refractivity contribution in [1.82, 2.24) is 14.8 Å². The Morgan fingerprint density at radius 1 is 1.35 bits per heavy atom. The van der Waals surface area contributed by atoms with Gasteiger partial charge in [-0.1, -0.05) is 18.5 Å². The molecule has 17 heavy (non-hydrogen) atoms. The molecule has 0 N–H and O–H groups in total. The largest absolute Gasteiger partial charge is 0.285 e. The number of hydrogen-bond acceptors (Lipinski definition) is 3. The van der Waals surface area contributed by atoms with Gasteiger partial charge in [-0.05, 0) is 30.7 Å². The van der Waals surface area contributed by atoms with E-state index in [-0.39, 0.29) is 5.78 Å². The van der Waals surface area contributed by atoms with Crippen LogP contribution >= 0.6 is 11.6 Å². The first-order valence-electron chi connectivity index (χ1n) is 5.40. The van der Waals surface area contributed by atoms with Gasteiger partial charge in [0.05, 0.1) is 0 Å². The van der Waals surface area contributed by atoms with E-state index >= 15 is 0 Å². The number of carbonyl (C=O) groups is 1. The summed E-state index contributed by atoms with van der Waals surface area (Å²) in [4.78, 5) is 16.2. The Bertz CT molecular complexity index is 519. The maximum absolute atomic E-state index is 12.1. The van der Waals surface area contributed by atoms with E-state index < -0.39 is 0 Å². The van der Waals surface area contributed by atoms with E-state index in [2.05, 4.69) is 10.1 Å². The van der Waals surface area contributed by atoms with Gasteiger partial charge in [-0.25, -0.2) is 9.67 Å². The van der Waals surface area contributed by atoms with Crippen molar-refractivity contribution in [3.05, 3.63) is 47.0 Å². The molecule has 0 spiro atoms. The Hall–Kier alpha value is -1.68. The summed E-state index contributed by atoms with van der Waals surface area (Å²) in [6.45, 7) is 2.72. The fourth-order valence-electron chi connectivity index (χ4n) is 1.55. The number of benzene rings is 1. The van der Waals surface area contributed by atoms with Gasteiger partial charge in [0.15, 0.2) is 5.82 Å². The van der Waals surface area contributed by atoms with Gasteiger partial charge in [0.2, 0.25) is 5.78 Å². The quantitative estimate of drug-likeness (QED) is 0.783. The normalized spacial score (nSPS) is 10.5. The maximum Gasteiger partial charge on any atom is 0.229 e. The molecule has 0 bridgehead atoms. The van der Waals surface area contributed by atoms with Gasteiger partial charge in [-0.15, -0.1) is 0 Å². The van der Waals surface area contributed by atoms with E-state index in [0.29, 0.717) is 23.0 Å². The van der Waals surface area contributed by atoms with Crippen molar-refractivity contribution in [1.29, 1.82) is 0 Å². The summed E-state index contributed by atoms with van der Waals surface area (Å²) < 4.78 is 1.62. The molecule has 1 aromatic carbocycles. The smallest absolute Gasteiger partial charge is 0.229 e. The maximum atomic E-state index is 12.1. The Morgan fingerprint density at radius 3 is 2.71 bits per heavy atom. The van der Waals surface area contributed by atoms with E-state index in [9.17, 15) is 4.79 Å². The van der Waals surface area contributed by atoms with Gasteiger partial charge in [-0.3, -0.25) is 4.79 Å². The zero-order valence-electron chi connectivity index (χ0n) is 9.43. The molecule has 2 rings (SSSR count). The first kappa shape index (κ1) is 11.8. The molecular weight excluding hydrogens is 238 g/mol. The molecule has 0 fully saturated rings. The van der Waals surface area contributed by atoms with Gasteiger partial charge in [0.1, 0.15) is 6.33 Å². The number of ketones is 1. The van der Waals surface area contributed by atoms with Crippen molar-refractivity contribution >= 4 is 17.4 Å². The highest BCUT2D eigenvalue weighted by atomic mass is 35.5. The third kappa shape index (κ3) is 2.53. The van der Waals surface area contributed by atoms with Crippen molar-refractivity contribution in [2.45, 2.75) is 19.9 Å². The van der Waals surface area contributed by atoms with Crippen LogP contribution in [0.25, 0.3) is 0 Å². The average Bonchev–Trinajstić information content (AvgIpc) is 2.78. The second-order valence-electron chi connectivity index (χ2n) is 3.64. The molecule has 5 heteroatoms. The predicted octanol–water partition coefficient (Wildman–Crippen LogP) is 2.57. The van der Waals surface area contributed by atoms with Crippen LogP contribution in [0.1, 0.15) is 29.5 Å². The SMILES string of the molecule is CCCn1ncnc1C(=O)c1ccc(Cl)cc1. The number of carbonyl (C=O) groups excluding carboxylic acids is 1. The molecule has 1 heterocycles. The number of rotatable bonds is 4. The lowest BCUT2D eigenvalue weighted by molar-refractivity contribution is 0.102. The van der Waals surface area contributed by atoms with E-state index in [1.54, 1.807) is 28.9 Å². The zero-order valence-corrected chi connectivity index (χ0v) is 10.2. The van der Waals surface area contributed by atoms with Crippen molar-refractivity contribution in [3.8, 4) is 0 Å². The highest BCUT2D eigenvalue weighted by Crippen LogP contribution is 2.12. The molecule has 0 aliphatic rings. The van der Waals surface area contributed by atoms with Crippen LogP contribution < -0.4 is 0 Å². The third-order valence-electron chi connectivity index (χ3n) is 2.36. The van der Waals surface area contributed by atoms with Crippen molar-refractivity contribution in [2.75, 3.05) is 0 Å². The van der Waals surface area contributed by atoms with Crippen LogP contribution in [-0.4, -0.2) is 20.5 Å². The predicted molar refractivity (Wildman–Crippen MR) is 65.2 cm³/mol. The molecular formula is C12H12ClN3O. The minimum atomic E-state index is -0.132. The topological polar surface area (TPSA) is 47.8 Å². The first-order chi connectivity index (χ1) is 8.22. The summed E-state index contributed by atoms with van der Waals surface area (Å²) in [5.41, 5.74) is 0.569. The van der Waals surface area contributed by atoms with Crippen LogP contribution in [-0.2, 0) is 6.54 Å². The first-order valence-corrected chi connectivity index (χ1v) is 5.78. The minimum Gasteiger partial charge on any atom is -0.285 e. The second kappa shape index (κ2) is 5.10. The van der Waals surface area contributed by atoms with Crippen LogP contribution in [0.2, 0.25) is 5.02 Å². The van der Waals surface area contributed by atoms with Crippen molar-refractivity contribution in [3.63, 3.8) is 0 Å². The van der Waals surface area contributed by atoms with Crippen molar-refractivity contribution < 1.29 is 4.79 Å². The van der Waals surface area contributed by atoms with Gasteiger partial charge >= 0.3 is 0 Å². The van der Waals surface area contributed by atoms with Crippen LogP contribution in [0, 0.1) is 0 Å². The average molecular weight is 250 g/mol. The molecule has 0 saturated heterocycles. The molecule has 0 amide bonds. The molecule has 0 aliphatic carbocycles. The molecule has 0 atom stereocenters. The van der Waals surface area contributed by atoms with Crippen LogP contribution in [0.3, 0.4) is 0 Å². The number of hydrogen-bond donors (Lipinski definition) is 0. The second-order valence-corrected chi connectivity index (χ2v) is 4.08. The molecule has 0 unspecified atom stereocenters. The highest BCUT2D eigenvalue weighted by molar-refractivity contribution is 6.30. The van der Waals surface area contributed by atoms with Gasteiger partial charge < -0.3 is 0 Å². The molecule has 4 nitrogen and oxygen atoms in total. The molecule has 0 radical (unpaired) electrons. The van der Waals surface area contributed by atoms with Gasteiger partial charge in [-0.2, -0.15) is 5.10 Å². The fraction of sp³-hybridized carbons (Fsp3) is 0.250. The molecule has 0 aliphatic heterocycles. The van der Waals surface area contributed by atoms with Gasteiger partial charge in [0, 0.05) is 17.1 Å². The Morgan fingerprint density at radius 2 is 2.06 bits per heavy atom. The third-order valence-corrected chi connectivity index (χ3v) is 2.61. The standard InChI is InChI=1S/C12H12ClN3O/c1-2-7-16-12(14-8-15-16)11(17)9-3-5-10(13)6-4-9/h3-6,8H,2,7H2,1H3. The number of aromatic nitrogens is 3. The monoisotopic (exact) mass is 249 g/mol. The number of nitrogens with zero attached hydrogens (tertiary/aromatic N) is 3. The van der Waals surface area contributed by atoms with Crippen LogP contribution in [0.5, 0.6) is 0 Å². The van der Waals surface area contributed by atoms with Crippen LogP contribution in [0.15, 0.2) is 30.6 Å². The van der Waals surface area contributed by atoms with E-state index in [4.69, 9.17) is 11.6 Å². The zero-order chi connectivity index (χ0) is 12.3. The lowest BCUT2D eigenvalue weighted by Gasteiger charge is -2.03. The molecule has 88 valence electrons. The summed E-state index contributed by atoms with van der Waals surface area (Å²) >= 11 is 5.78. The van der Waals surface area contributed by atoms with E-state index in [0.717, 1.165) is 6.42 Å². The summed E-state index contributed by atoms with van der Waals surface area (Å²) in [5.74, 6) is 0.238. The van der Waals surface area contributed by atoms with Crippen molar-refractivity contribution in [2.24, 2.45) is 0 Å². The Kier molecular flexibility index (Phi) is 3.54.